The van der Waals surface area contributed by atoms with Crippen LogP contribution in [0.3, 0.4) is 0 Å². The molecule has 0 saturated heterocycles. The molecular formula is C18H14N8O. The van der Waals surface area contributed by atoms with Crippen LogP contribution in [0.25, 0.3) is 27.8 Å². The molecule has 1 aromatic carbocycles. The van der Waals surface area contributed by atoms with Gasteiger partial charge in [-0.1, -0.05) is 30.3 Å². The van der Waals surface area contributed by atoms with Gasteiger partial charge < -0.3 is 0 Å². The van der Waals surface area contributed by atoms with Crippen LogP contribution in [0.1, 0.15) is 11.6 Å². The number of hydrogen-bond donors (Lipinski definition) is 0. The van der Waals surface area contributed by atoms with E-state index in [-0.39, 0.29) is 11.1 Å². The number of rotatable bonds is 2. The predicted molar refractivity (Wildman–Crippen MR) is 98.3 cm³/mol. The molecule has 5 aromatic rings. The van der Waals surface area contributed by atoms with Gasteiger partial charge in [-0.25, -0.2) is 13.9 Å². The molecule has 0 aliphatic rings. The summed E-state index contributed by atoms with van der Waals surface area (Å²) in [6.45, 7) is 3.57. The fraction of sp³-hybridized carbons (Fsp3) is 0.111. The zero-order valence-corrected chi connectivity index (χ0v) is 14.6. The van der Waals surface area contributed by atoms with Crippen molar-refractivity contribution in [2.45, 2.75) is 13.8 Å². The minimum Gasteiger partial charge on any atom is -0.265 e. The molecule has 0 aliphatic carbocycles. The van der Waals surface area contributed by atoms with E-state index in [2.05, 4.69) is 25.5 Å². The fourth-order valence-corrected chi connectivity index (χ4v) is 3.24. The predicted octanol–water partition coefficient (Wildman–Crippen LogP) is 1.63. The lowest BCUT2D eigenvalue weighted by Crippen LogP contribution is -2.28. The van der Waals surface area contributed by atoms with Gasteiger partial charge in [0.15, 0.2) is 11.2 Å². The lowest BCUT2D eigenvalue weighted by atomic mass is 10.1. The van der Waals surface area contributed by atoms with Crippen molar-refractivity contribution in [1.29, 1.82) is 0 Å². The number of nitrogens with zero attached hydrogens (tertiary/aromatic N) is 8. The Morgan fingerprint density at radius 1 is 0.889 bits per heavy atom. The lowest BCUT2D eigenvalue weighted by molar-refractivity contribution is 0.593. The summed E-state index contributed by atoms with van der Waals surface area (Å²) in [4.78, 5) is 13.0. The first-order chi connectivity index (χ1) is 13.1. The Balaban J connectivity index is 1.78. The number of aromatic nitrogens is 8. The van der Waals surface area contributed by atoms with Crippen molar-refractivity contribution in [3.63, 3.8) is 0 Å². The molecule has 0 amide bonds. The highest BCUT2D eigenvalue weighted by Crippen LogP contribution is 2.23. The highest BCUT2D eigenvalue weighted by atomic mass is 16.1. The van der Waals surface area contributed by atoms with Gasteiger partial charge in [0.05, 0.1) is 6.20 Å². The van der Waals surface area contributed by atoms with Gasteiger partial charge in [-0.15, -0.1) is 20.4 Å². The molecule has 0 radical (unpaired) electrons. The van der Waals surface area contributed by atoms with E-state index in [0.29, 0.717) is 22.8 Å². The highest BCUT2D eigenvalue weighted by Gasteiger charge is 2.16. The second kappa shape index (κ2) is 5.56. The van der Waals surface area contributed by atoms with Crippen molar-refractivity contribution >= 4 is 16.7 Å². The lowest BCUT2D eigenvalue weighted by Gasteiger charge is -2.10. The smallest absolute Gasteiger partial charge is 0.265 e. The Labute approximate surface area is 152 Å². The molecule has 0 aliphatic heterocycles. The number of hydrogen-bond acceptors (Lipinski definition) is 6. The first-order valence-corrected chi connectivity index (χ1v) is 8.35. The summed E-state index contributed by atoms with van der Waals surface area (Å²) >= 11 is 0. The van der Waals surface area contributed by atoms with Gasteiger partial charge in [-0.3, -0.25) is 4.79 Å². The maximum Gasteiger partial charge on any atom is 0.299 e. The SMILES string of the molecule is Cc1nnc(C)n1-n1ccc2c(nnc3c(-c4ccccc4)cnn32)c1=O. The molecule has 0 fully saturated rings. The van der Waals surface area contributed by atoms with Crippen LogP contribution in [-0.2, 0) is 0 Å². The molecule has 0 bridgehead atoms. The fourth-order valence-electron chi connectivity index (χ4n) is 3.24. The van der Waals surface area contributed by atoms with Gasteiger partial charge >= 0.3 is 0 Å². The minimum absolute atomic E-state index is 0.222. The van der Waals surface area contributed by atoms with Crippen molar-refractivity contribution in [2.24, 2.45) is 0 Å². The monoisotopic (exact) mass is 358 g/mol. The van der Waals surface area contributed by atoms with E-state index in [1.54, 1.807) is 41.5 Å². The van der Waals surface area contributed by atoms with Crippen LogP contribution in [0.15, 0.2) is 53.6 Å². The molecule has 0 spiro atoms. The second-order valence-electron chi connectivity index (χ2n) is 6.17. The molecule has 0 unspecified atom stereocenters. The Bertz CT molecular complexity index is 1340. The Morgan fingerprint density at radius 3 is 2.37 bits per heavy atom. The summed E-state index contributed by atoms with van der Waals surface area (Å²) in [5.74, 6) is 1.21. The Hall–Kier alpha value is -3.88. The van der Waals surface area contributed by atoms with Gasteiger partial charge in [0.1, 0.15) is 17.2 Å². The maximum atomic E-state index is 13.0. The zero-order chi connectivity index (χ0) is 18.5. The largest absolute Gasteiger partial charge is 0.299 e. The normalized spacial score (nSPS) is 11.5. The van der Waals surface area contributed by atoms with E-state index in [4.69, 9.17) is 0 Å². The van der Waals surface area contributed by atoms with Crippen molar-refractivity contribution in [2.75, 3.05) is 0 Å². The molecule has 4 aromatic heterocycles. The first-order valence-electron chi connectivity index (χ1n) is 8.35. The third kappa shape index (κ3) is 2.18. The van der Waals surface area contributed by atoms with Gasteiger partial charge in [-0.2, -0.15) is 5.10 Å². The van der Waals surface area contributed by atoms with Gasteiger partial charge in [0, 0.05) is 11.8 Å². The van der Waals surface area contributed by atoms with Crippen LogP contribution in [-0.4, -0.2) is 39.4 Å². The Morgan fingerprint density at radius 2 is 1.63 bits per heavy atom. The average Bonchev–Trinajstić information content (AvgIpc) is 3.27. The maximum absolute atomic E-state index is 13.0. The molecule has 27 heavy (non-hydrogen) atoms. The molecule has 0 atom stereocenters. The molecule has 0 N–H and O–H groups in total. The van der Waals surface area contributed by atoms with Crippen LogP contribution in [0.5, 0.6) is 0 Å². The molecule has 9 nitrogen and oxygen atoms in total. The summed E-state index contributed by atoms with van der Waals surface area (Å²) in [5.41, 5.74) is 2.95. The van der Waals surface area contributed by atoms with Crippen molar-refractivity contribution in [1.82, 2.24) is 39.4 Å². The molecule has 0 saturated carbocycles. The summed E-state index contributed by atoms with van der Waals surface area (Å²) in [7, 11) is 0. The van der Waals surface area contributed by atoms with Crippen molar-refractivity contribution < 1.29 is 0 Å². The number of benzene rings is 1. The van der Waals surface area contributed by atoms with E-state index in [1.165, 1.54) is 4.68 Å². The summed E-state index contributed by atoms with van der Waals surface area (Å²) < 4.78 is 4.70. The first kappa shape index (κ1) is 15.4. The molecule has 9 heteroatoms. The molecule has 132 valence electrons. The third-order valence-electron chi connectivity index (χ3n) is 4.50. The van der Waals surface area contributed by atoms with Crippen LogP contribution in [0.2, 0.25) is 0 Å². The summed E-state index contributed by atoms with van der Waals surface area (Å²) in [5, 5.41) is 20.9. The third-order valence-corrected chi connectivity index (χ3v) is 4.50. The minimum atomic E-state index is -0.315. The molecular weight excluding hydrogens is 344 g/mol. The number of pyridine rings is 1. The standard InChI is InChI=1S/C18H14N8O/c1-11-20-21-12(2)26(11)24-9-8-15-16(18(24)27)22-23-17-14(10-19-25(15)17)13-6-4-3-5-7-13/h3-10H,1-2H3. The second-order valence-corrected chi connectivity index (χ2v) is 6.17. The average molecular weight is 358 g/mol. The van der Waals surface area contributed by atoms with Gasteiger partial charge in [0.25, 0.3) is 5.56 Å². The van der Waals surface area contributed by atoms with Crippen LogP contribution >= 0.6 is 0 Å². The summed E-state index contributed by atoms with van der Waals surface area (Å²) in [6, 6.07) is 11.6. The van der Waals surface area contributed by atoms with Crippen molar-refractivity contribution in [3.8, 4) is 11.1 Å². The molecule has 4 heterocycles. The summed E-state index contributed by atoms with van der Waals surface area (Å²) in [6.07, 6.45) is 3.40. The van der Waals surface area contributed by atoms with E-state index in [0.717, 1.165) is 11.1 Å². The van der Waals surface area contributed by atoms with Gasteiger partial charge in [-0.05, 0) is 25.5 Å². The van der Waals surface area contributed by atoms with E-state index >= 15 is 0 Å². The van der Waals surface area contributed by atoms with Gasteiger partial charge in [0.2, 0.25) is 0 Å². The zero-order valence-electron chi connectivity index (χ0n) is 14.6. The quantitative estimate of drug-likeness (QED) is 0.476. The molecule has 5 rings (SSSR count). The highest BCUT2D eigenvalue weighted by molar-refractivity contribution is 5.82. The van der Waals surface area contributed by atoms with Crippen LogP contribution < -0.4 is 5.56 Å². The van der Waals surface area contributed by atoms with E-state index < -0.39 is 0 Å². The van der Waals surface area contributed by atoms with Crippen LogP contribution in [0.4, 0.5) is 0 Å². The van der Waals surface area contributed by atoms with E-state index in [1.807, 2.05) is 30.3 Å². The van der Waals surface area contributed by atoms with Crippen LogP contribution in [0, 0.1) is 13.8 Å². The number of aryl methyl sites for hydroxylation is 2. The van der Waals surface area contributed by atoms with Crippen molar-refractivity contribution in [3.05, 3.63) is 70.8 Å². The van der Waals surface area contributed by atoms with E-state index in [9.17, 15) is 4.79 Å². The topological polar surface area (TPSA) is 95.8 Å². The number of fused-ring (bicyclic) bond motifs is 3. The Kier molecular flexibility index (Phi) is 3.17.